The zero-order valence-corrected chi connectivity index (χ0v) is 22.2. The molecule has 1 saturated heterocycles. The number of aryl methyl sites for hydroxylation is 1. The summed E-state index contributed by atoms with van der Waals surface area (Å²) >= 11 is 0. The fraction of sp³-hybridized carbons (Fsp3) is 0.357. The van der Waals surface area contributed by atoms with Crippen LogP contribution in [0.2, 0.25) is 0 Å². The average molecular weight is 540 g/mol. The van der Waals surface area contributed by atoms with Gasteiger partial charge in [-0.3, -0.25) is 14.5 Å². The second-order valence-corrected chi connectivity index (χ2v) is 11.5. The van der Waals surface area contributed by atoms with Crippen LogP contribution in [0.1, 0.15) is 41.9 Å². The van der Waals surface area contributed by atoms with E-state index in [1.165, 1.54) is 23.8 Å². The molecular weight excluding hydrogens is 506 g/mol. The Kier molecular flexibility index (Phi) is 8.35. The van der Waals surface area contributed by atoms with E-state index in [4.69, 9.17) is 9.56 Å². The van der Waals surface area contributed by atoms with E-state index in [-0.39, 0.29) is 23.0 Å². The molecule has 1 fully saturated rings. The van der Waals surface area contributed by atoms with E-state index >= 15 is 0 Å². The summed E-state index contributed by atoms with van der Waals surface area (Å²) in [6, 6.07) is 17.6. The molecule has 1 aliphatic heterocycles. The number of benzene rings is 2. The van der Waals surface area contributed by atoms with Crippen molar-refractivity contribution >= 4 is 15.9 Å². The normalized spacial score (nSPS) is 15.7. The second kappa shape index (κ2) is 11.5. The first-order valence-corrected chi connectivity index (χ1v) is 14.1. The van der Waals surface area contributed by atoms with Crippen molar-refractivity contribution in [2.75, 3.05) is 19.6 Å². The number of amides is 1. The van der Waals surface area contributed by atoms with Gasteiger partial charge < -0.3 is 14.8 Å². The number of nitrogens with one attached hydrogen (secondary N) is 1. The Morgan fingerprint density at radius 2 is 1.74 bits per heavy atom. The maximum Gasteiger partial charge on any atom is 0.238 e. The smallest absolute Gasteiger partial charge is 0.238 e. The number of nitrogens with zero attached hydrogens (tertiary/aromatic N) is 1. The van der Waals surface area contributed by atoms with E-state index < -0.39 is 26.6 Å². The average Bonchev–Trinajstić information content (AvgIpc) is 2.88. The minimum atomic E-state index is -3.76. The summed E-state index contributed by atoms with van der Waals surface area (Å²) < 4.78 is 28.8. The molecule has 38 heavy (non-hydrogen) atoms. The number of likely N-dealkylation sites (tertiary alicyclic amines) is 1. The zero-order chi connectivity index (χ0) is 27.3. The molecule has 2 aromatic carbocycles. The first-order valence-electron chi connectivity index (χ1n) is 12.5. The molecule has 0 unspecified atom stereocenters. The zero-order valence-electron chi connectivity index (χ0n) is 21.4. The van der Waals surface area contributed by atoms with Gasteiger partial charge in [-0.05, 0) is 62.5 Å². The van der Waals surface area contributed by atoms with E-state index in [1.807, 2.05) is 18.2 Å². The number of aromatic hydroxyl groups is 1. The summed E-state index contributed by atoms with van der Waals surface area (Å²) in [5.41, 5.74) is 0.714. The van der Waals surface area contributed by atoms with Crippen LogP contribution in [0, 0.1) is 6.92 Å². The van der Waals surface area contributed by atoms with E-state index in [2.05, 4.69) is 22.3 Å². The maximum absolute atomic E-state index is 13.1. The monoisotopic (exact) mass is 539 g/mol. The van der Waals surface area contributed by atoms with Gasteiger partial charge in [-0.15, -0.1) is 0 Å². The predicted molar refractivity (Wildman–Crippen MR) is 143 cm³/mol. The van der Waals surface area contributed by atoms with Crippen LogP contribution >= 0.6 is 0 Å². The van der Waals surface area contributed by atoms with Gasteiger partial charge in [-0.1, -0.05) is 42.5 Å². The van der Waals surface area contributed by atoms with E-state index in [1.54, 1.807) is 19.1 Å². The van der Waals surface area contributed by atoms with Crippen molar-refractivity contribution in [3.05, 3.63) is 93.5 Å². The highest BCUT2D eigenvalue weighted by Gasteiger charge is 2.43. The summed E-state index contributed by atoms with van der Waals surface area (Å²) in [5, 5.41) is 18.7. The molecule has 1 aromatic heterocycles. The van der Waals surface area contributed by atoms with Crippen LogP contribution in [-0.4, -0.2) is 44.0 Å². The number of carbonyl (C=O) groups is 1. The van der Waals surface area contributed by atoms with Gasteiger partial charge in [0.1, 0.15) is 5.76 Å². The number of sulfonamides is 1. The van der Waals surface area contributed by atoms with Crippen molar-refractivity contribution in [1.29, 1.82) is 0 Å². The molecule has 0 atom stereocenters. The molecule has 0 saturated carbocycles. The Morgan fingerprint density at radius 1 is 1.08 bits per heavy atom. The Labute approximate surface area is 222 Å². The van der Waals surface area contributed by atoms with Gasteiger partial charge >= 0.3 is 0 Å². The highest BCUT2D eigenvalue weighted by atomic mass is 32.2. The third-order valence-electron chi connectivity index (χ3n) is 7.08. The van der Waals surface area contributed by atoms with Crippen LogP contribution in [-0.2, 0) is 33.2 Å². The van der Waals surface area contributed by atoms with Crippen molar-refractivity contribution in [2.45, 2.75) is 49.5 Å². The lowest BCUT2D eigenvalue weighted by molar-refractivity contribution is -0.123. The Hall–Kier alpha value is -3.47. The van der Waals surface area contributed by atoms with E-state index in [9.17, 15) is 23.1 Å². The van der Waals surface area contributed by atoms with Crippen LogP contribution in [0.3, 0.4) is 0 Å². The standard InChI is InChI=1S/C28H33N3O6S/c1-20-17-24(32)26(34)27(37-20)28(12-15-31(16-13-28)19-22-5-3-2-4-6-22)18-25(33)30-14-11-21-7-9-23(10-8-21)38(29,35)36/h2-10,17,34H,11-16,18-19H2,1H3,(H,30,33)(H2,29,35,36). The van der Waals surface area contributed by atoms with Crippen LogP contribution in [0.5, 0.6) is 5.75 Å². The van der Waals surface area contributed by atoms with Crippen molar-refractivity contribution < 1.29 is 22.7 Å². The second-order valence-electron chi connectivity index (χ2n) is 9.91. The molecule has 0 bridgehead atoms. The fourth-order valence-electron chi connectivity index (χ4n) is 4.99. The van der Waals surface area contributed by atoms with Crippen molar-refractivity contribution in [2.24, 2.45) is 5.14 Å². The molecule has 2 heterocycles. The SMILES string of the molecule is Cc1cc(=O)c(O)c(C2(CC(=O)NCCc3ccc(S(N)(=O)=O)cc3)CCN(Cc3ccccc3)CC2)o1. The van der Waals surface area contributed by atoms with Gasteiger partial charge in [-0.2, -0.15) is 0 Å². The first-order chi connectivity index (χ1) is 18.1. The van der Waals surface area contributed by atoms with Crippen LogP contribution in [0.4, 0.5) is 0 Å². The molecule has 0 spiro atoms. The van der Waals surface area contributed by atoms with Crippen LogP contribution < -0.4 is 15.9 Å². The van der Waals surface area contributed by atoms with Crippen molar-refractivity contribution in [1.82, 2.24) is 10.2 Å². The van der Waals surface area contributed by atoms with Crippen LogP contribution in [0.15, 0.2) is 74.8 Å². The molecule has 10 heteroatoms. The Morgan fingerprint density at radius 3 is 2.37 bits per heavy atom. The highest BCUT2D eigenvalue weighted by Crippen LogP contribution is 2.42. The minimum Gasteiger partial charge on any atom is -0.502 e. The van der Waals surface area contributed by atoms with Crippen LogP contribution in [0.25, 0.3) is 0 Å². The van der Waals surface area contributed by atoms with Crippen molar-refractivity contribution in [3.63, 3.8) is 0 Å². The molecule has 202 valence electrons. The topological polar surface area (TPSA) is 143 Å². The lowest BCUT2D eigenvalue weighted by atomic mass is 9.72. The largest absolute Gasteiger partial charge is 0.502 e. The third-order valence-corrected chi connectivity index (χ3v) is 8.01. The van der Waals surface area contributed by atoms with Gasteiger partial charge in [0, 0.05) is 31.0 Å². The number of nitrogens with two attached hydrogens (primary N) is 1. The van der Waals surface area contributed by atoms with E-state index in [0.29, 0.717) is 44.7 Å². The molecule has 0 aliphatic carbocycles. The molecule has 9 nitrogen and oxygen atoms in total. The lowest BCUT2D eigenvalue weighted by Crippen LogP contribution is -2.45. The number of carbonyl (C=O) groups excluding carboxylic acids is 1. The lowest BCUT2D eigenvalue weighted by Gasteiger charge is -2.41. The number of rotatable bonds is 9. The summed E-state index contributed by atoms with van der Waals surface area (Å²) in [5.74, 6) is -0.0890. The quantitative estimate of drug-likeness (QED) is 0.379. The molecule has 4 N–H and O–H groups in total. The van der Waals surface area contributed by atoms with Gasteiger partial charge in [0.2, 0.25) is 27.1 Å². The fourth-order valence-corrected chi connectivity index (χ4v) is 5.51. The van der Waals surface area contributed by atoms with Gasteiger partial charge in [0.05, 0.1) is 4.90 Å². The molecule has 1 amide bonds. The summed E-state index contributed by atoms with van der Waals surface area (Å²) in [7, 11) is -3.76. The van der Waals surface area contributed by atoms with Crippen molar-refractivity contribution in [3.8, 4) is 5.75 Å². The number of primary sulfonamides is 1. The Bertz CT molecular complexity index is 1430. The molecule has 4 rings (SSSR count). The highest BCUT2D eigenvalue weighted by molar-refractivity contribution is 7.89. The maximum atomic E-state index is 13.1. The summed E-state index contributed by atoms with van der Waals surface area (Å²) in [4.78, 5) is 27.8. The predicted octanol–water partition coefficient (Wildman–Crippen LogP) is 2.58. The molecule has 0 radical (unpaired) electrons. The summed E-state index contributed by atoms with van der Waals surface area (Å²) in [6.07, 6.45) is 1.65. The number of piperidine rings is 1. The third kappa shape index (κ3) is 6.69. The molecule has 3 aromatic rings. The number of hydrogen-bond acceptors (Lipinski definition) is 7. The van der Waals surface area contributed by atoms with Gasteiger partial charge in [0.15, 0.2) is 5.76 Å². The van der Waals surface area contributed by atoms with Gasteiger partial charge in [-0.25, -0.2) is 13.6 Å². The minimum absolute atomic E-state index is 0.0327. The number of hydrogen-bond donors (Lipinski definition) is 3. The summed E-state index contributed by atoms with van der Waals surface area (Å²) in [6.45, 7) is 4.12. The molecule has 1 aliphatic rings. The Balaban J connectivity index is 1.45. The molecular formula is C28H33N3O6S. The van der Waals surface area contributed by atoms with E-state index in [0.717, 1.165) is 12.1 Å². The first kappa shape index (κ1) is 27.6. The van der Waals surface area contributed by atoms with Gasteiger partial charge in [0.25, 0.3) is 0 Å².